The van der Waals surface area contributed by atoms with Crippen LogP contribution in [0.3, 0.4) is 0 Å². The van der Waals surface area contributed by atoms with Gasteiger partial charge in [0.25, 0.3) is 5.91 Å². The SMILES string of the molecule is CNC(=O)c1cc(-c2cccnc2[C@H](Cc2cc(F)cc(F)c2)NC(=O)C(CC(C)C)n2ccc(C(F)(F)F)n2)ccc1F. The summed E-state index contributed by atoms with van der Waals surface area (Å²) in [4.78, 5) is 30.5. The van der Waals surface area contributed by atoms with Gasteiger partial charge in [-0.1, -0.05) is 26.0 Å². The van der Waals surface area contributed by atoms with Gasteiger partial charge in [0.2, 0.25) is 5.91 Å². The summed E-state index contributed by atoms with van der Waals surface area (Å²) >= 11 is 0. The molecule has 2 aromatic carbocycles. The van der Waals surface area contributed by atoms with Gasteiger partial charge in [-0.3, -0.25) is 19.3 Å². The molecule has 0 aliphatic heterocycles. The number of alkyl halides is 3. The summed E-state index contributed by atoms with van der Waals surface area (Å²) in [5, 5.41) is 8.76. The zero-order chi connectivity index (χ0) is 32.2. The van der Waals surface area contributed by atoms with Crippen LogP contribution >= 0.6 is 0 Å². The van der Waals surface area contributed by atoms with Crippen molar-refractivity contribution < 1.29 is 35.9 Å². The van der Waals surface area contributed by atoms with Crippen LogP contribution in [0.1, 0.15) is 59.7 Å². The summed E-state index contributed by atoms with van der Waals surface area (Å²) in [6.07, 6.45) is -2.29. The number of nitrogens with one attached hydrogen (secondary N) is 2. The molecule has 2 amide bonds. The molecule has 4 rings (SSSR count). The number of benzene rings is 2. The number of pyridine rings is 1. The second-order valence-electron chi connectivity index (χ2n) is 10.6. The molecule has 232 valence electrons. The van der Waals surface area contributed by atoms with E-state index in [1.807, 2.05) is 0 Å². The van der Waals surface area contributed by atoms with E-state index in [4.69, 9.17) is 0 Å². The molecule has 0 spiro atoms. The molecule has 4 aromatic rings. The predicted molar refractivity (Wildman–Crippen MR) is 150 cm³/mol. The number of carbonyl (C=O) groups excluding carboxylic acids is 2. The van der Waals surface area contributed by atoms with Gasteiger partial charge >= 0.3 is 6.18 Å². The second-order valence-corrected chi connectivity index (χ2v) is 10.6. The molecule has 2 heterocycles. The minimum atomic E-state index is -4.72. The lowest BCUT2D eigenvalue weighted by Crippen LogP contribution is -2.37. The quantitative estimate of drug-likeness (QED) is 0.201. The lowest BCUT2D eigenvalue weighted by molar-refractivity contribution is -0.142. The lowest BCUT2D eigenvalue weighted by Gasteiger charge is -2.25. The average Bonchev–Trinajstić information content (AvgIpc) is 3.46. The maximum absolute atomic E-state index is 14.5. The van der Waals surface area contributed by atoms with E-state index in [1.165, 1.54) is 25.4 Å². The third-order valence-electron chi connectivity index (χ3n) is 6.81. The van der Waals surface area contributed by atoms with Crippen molar-refractivity contribution in [3.63, 3.8) is 0 Å². The fourth-order valence-corrected chi connectivity index (χ4v) is 4.83. The Bertz CT molecular complexity index is 1630. The number of amides is 2. The van der Waals surface area contributed by atoms with E-state index in [0.29, 0.717) is 17.2 Å². The monoisotopic (exact) mass is 617 g/mol. The van der Waals surface area contributed by atoms with Crippen molar-refractivity contribution in [2.24, 2.45) is 5.92 Å². The third-order valence-corrected chi connectivity index (χ3v) is 6.81. The number of carbonyl (C=O) groups is 2. The van der Waals surface area contributed by atoms with Crippen LogP contribution in [-0.2, 0) is 17.4 Å². The largest absolute Gasteiger partial charge is 0.435 e. The maximum atomic E-state index is 14.5. The molecule has 0 aliphatic carbocycles. The van der Waals surface area contributed by atoms with Crippen LogP contribution in [-0.4, -0.2) is 33.6 Å². The Morgan fingerprint density at radius 1 is 0.977 bits per heavy atom. The zero-order valence-corrected chi connectivity index (χ0v) is 23.9. The Hall–Kier alpha value is -4.68. The highest BCUT2D eigenvalue weighted by Crippen LogP contribution is 2.32. The Kier molecular flexibility index (Phi) is 9.75. The van der Waals surface area contributed by atoms with Gasteiger partial charge in [0, 0.05) is 31.1 Å². The molecule has 2 atom stereocenters. The van der Waals surface area contributed by atoms with Crippen molar-refractivity contribution >= 4 is 11.8 Å². The molecular formula is C31H29F6N5O2. The Morgan fingerprint density at radius 3 is 2.30 bits per heavy atom. The molecule has 0 fully saturated rings. The second kappa shape index (κ2) is 13.3. The van der Waals surface area contributed by atoms with Gasteiger partial charge in [-0.15, -0.1) is 0 Å². The molecule has 0 radical (unpaired) electrons. The molecule has 44 heavy (non-hydrogen) atoms. The van der Waals surface area contributed by atoms with Crippen LogP contribution < -0.4 is 10.6 Å². The molecule has 0 saturated carbocycles. The first-order valence-corrected chi connectivity index (χ1v) is 13.6. The van der Waals surface area contributed by atoms with Crippen LogP contribution in [0.15, 0.2) is 67.0 Å². The van der Waals surface area contributed by atoms with Gasteiger partial charge in [-0.2, -0.15) is 18.3 Å². The summed E-state index contributed by atoms with van der Waals surface area (Å²) in [6.45, 7) is 3.58. The first-order valence-electron chi connectivity index (χ1n) is 13.6. The van der Waals surface area contributed by atoms with E-state index < -0.39 is 53.2 Å². The normalized spacial score (nSPS) is 13.0. The van der Waals surface area contributed by atoms with E-state index in [0.717, 1.165) is 35.1 Å². The van der Waals surface area contributed by atoms with E-state index in [1.54, 1.807) is 26.0 Å². The standard InChI is InChI=1S/C31H29F6N5O2/c1-17(2)11-26(42-10-8-27(41-42)31(35,36)37)30(44)40-25(14-18-12-20(32)16-21(33)13-18)28-22(5-4-9-39-28)19-6-7-24(34)23(15-19)29(43)38-3/h4-10,12-13,15-17,25-26H,11,14H2,1-3H3,(H,38,43)(H,40,44)/t25-,26?/m0/s1. The van der Waals surface area contributed by atoms with Gasteiger partial charge in [0.1, 0.15) is 23.5 Å². The predicted octanol–water partition coefficient (Wildman–Crippen LogP) is 6.43. The van der Waals surface area contributed by atoms with Gasteiger partial charge in [0.15, 0.2) is 5.69 Å². The molecule has 7 nitrogen and oxygen atoms in total. The smallest absolute Gasteiger partial charge is 0.355 e. The zero-order valence-electron chi connectivity index (χ0n) is 23.9. The molecule has 1 unspecified atom stereocenters. The first kappa shape index (κ1) is 32.2. The molecule has 0 bridgehead atoms. The minimum Gasteiger partial charge on any atom is -0.355 e. The molecule has 2 aromatic heterocycles. The van der Waals surface area contributed by atoms with Crippen LogP contribution in [0.4, 0.5) is 26.3 Å². The summed E-state index contributed by atoms with van der Waals surface area (Å²) < 4.78 is 83.6. The number of aromatic nitrogens is 3. The van der Waals surface area contributed by atoms with Gasteiger partial charge in [-0.25, -0.2) is 13.2 Å². The topological polar surface area (TPSA) is 88.9 Å². The minimum absolute atomic E-state index is 0.120. The number of rotatable bonds is 10. The fraction of sp³-hybridized carbons (Fsp3) is 0.290. The number of nitrogens with zero attached hydrogens (tertiary/aromatic N) is 3. The van der Waals surface area contributed by atoms with Crippen molar-refractivity contribution in [2.45, 2.75) is 44.9 Å². The molecular weight excluding hydrogens is 588 g/mol. The van der Waals surface area contributed by atoms with Crippen LogP contribution in [0.25, 0.3) is 11.1 Å². The van der Waals surface area contributed by atoms with Gasteiger partial charge in [-0.05, 0) is 66.3 Å². The van der Waals surface area contributed by atoms with Crippen molar-refractivity contribution in [3.8, 4) is 11.1 Å². The van der Waals surface area contributed by atoms with Crippen molar-refractivity contribution in [1.29, 1.82) is 0 Å². The Morgan fingerprint density at radius 2 is 1.68 bits per heavy atom. The highest BCUT2D eigenvalue weighted by atomic mass is 19.4. The van der Waals surface area contributed by atoms with Gasteiger partial charge < -0.3 is 10.6 Å². The third kappa shape index (κ3) is 7.63. The summed E-state index contributed by atoms with van der Waals surface area (Å²) in [7, 11) is 1.35. The first-order chi connectivity index (χ1) is 20.8. The highest BCUT2D eigenvalue weighted by molar-refractivity contribution is 5.95. The van der Waals surface area contributed by atoms with Gasteiger partial charge in [0.05, 0.1) is 17.3 Å². The van der Waals surface area contributed by atoms with Crippen LogP contribution in [0, 0.1) is 23.4 Å². The van der Waals surface area contributed by atoms with Crippen molar-refractivity contribution in [3.05, 3.63) is 107 Å². The van der Waals surface area contributed by atoms with E-state index in [9.17, 15) is 35.9 Å². The highest BCUT2D eigenvalue weighted by Gasteiger charge is 2.35. The maximum Gasteiger partial charge on any atom is 0.435 e. The van der Waals surface area contributed by atoms with E-state index >= 15 is 0 Å². The molecule has 0 saturated heterocycles. The van der Waals surface area contributed by atoms with Crippen molar-refractivity contribution in [2.75, 3.05) is 7.05 Å². The lowest BCUT2D eigenvalue weighted by atomic mass is 9.93. The summed E-state index contributed by atoms with van der Waals surface area (Å²) in [5.41, 5.74) is -0.310. The Balaban J connectivity index is 1.80. The Labute approximate surface area is 249 Å². The molecule has 0 aliphatic rings. The van der Waals surface area contributed by atoms with Crippen LogP contribution in [0.5, 0.6) is 0 Å². The van der Waals surface area contributed by atoms with E-state index in [-0.39, 0.29) is 35.6 Å². The van der Waals surface area contributed by atoms with E-state index in [2.05, 4.69) is 20.7 Å². The van der Waals surface area contributed by atoms with Crippen LogP contribution in [0.2, 0.25) is 0 Å². The number of hydrogen-bond donors (Lipinski definition) is 2. The number of halogens is 6. The molecule has 13 heteroatoms. The van der Waals surface area contributed by atoms with Crippen molar-refractivity contribution in [1.82, 2.24) is 25.4 Å². The molecule has 2 N–H and O–H groups in total. The summed E-state index contributed by atoms with van der Waals surface area (Å²) in [5.74, 6) is -3.99. The fourth-order valence-electron chi connectivity index (χ4n) is 4.83. The average molecular weight is 618 g/mol. The summed E-state index contributed by atoms with van der Waals surface area (Å²) in [6, 6.07) is 8.39. The number of hydrogen-bond acceptors (Lipinski definition) is 4.